The second-order valence-corrected chi connectivity index (χ2v) is 9.91. The van der Waals surface area contributed by atoms with E-state index in [0.717, 1.165) is 12.0 Å². The van der Waals surface area contributed by atoms with Gasteiger partial charge in [0.2, 0.25) is 11.8 Å². The van der Waals surface area contributed by atoms with E-state index in [1.807, 2.05) is 30.3 Å². The Labute approximate surface area is 197 Å². The molecular weight excluding hydrogens is 430 g/mol. The maximum Gasteiger partial charge on any atom is 0.335 e. The summed E-state index contributed by atoms with van der Waals surface area (Å²) in [6.07, 6.45) is 5.52. The van der Waals surface area contributed by atoms with Crippen LogP contribution in [0.15, 0.2) is 66.7 Å². The number of benzene rings is 2. The van der Waals surface area contributed by atoms with Gasteiger partial charge in [0.05, 0.1) is 11.8 Å². The van der Waals surface area contributed by atoms with Crippen molar-refractivity contribution in [2.24, 2.45) is 35.5 Å². The van der Waals surface area contributed by atoms with Gasteiger partial charge in [-0.2, -0.15) is 0 Å². The molecule has 2 saturated carbocycles. The van der Waals surface area contributed by atoms with Gasteiger partial charge >= 0.3 is 5.97 Å². The van der Waals surface area contributed by atoms with Crippen molar-refractivity contribution in [2.75, 3.05) is 0 Å². The molecule has 0 unspecified atom stereocenters. The lowest BCUT2D eigenvalue weighted by Gasteiger charge is -2.37. The molecule has 1 heterocycles. The van der Waals surface area contributed by atoms with Crippen molar-refractivity contribution in [2.45, 2.75) is 25.8 Å². The van der Waals surface area contributed by atoms with E-state index in [1.54, 1.807) is 24.3 Å². The standard InChI is InChI=1S/C28H25NO5/c1-15(30)17-7-9-18(10-8-17)34-28(33)23(13-16-5-3-2-4-6-16)29-26(31)24-19-11-12-20(22-14-21(19)22)25(24)27(29)32/h2-12,19-25H,13-14H2,1H3/t19-,20-,21-,22-,23+,24-,25+/m1/s1. The molecule has 34 heavy (non-hydrogen) atoms. The number of rotatable bonds is 6. The molecule has 5 aliphatic rings. The van der Waals surface area contributed by atoms with Crippen molar-refractivity contribution in [3.05, 3.63) is 77.9 Å². The monoisotopic (exact) mass is 455 g/mol. The summed E-state index contributed by atoms with van der Waals surface area (Å²) < 4.78 is 5.63. The van der Waals surface area contributed by atoms with Crippen LogP contribution in [0.1, 0.15) is 29.3 Å². The maximum atomic E-state index is 13.6. The second-order valence-electron chi connectivity index (χ2n) is 9.91. The second kappa shape index (κ2) is 7.76. The number of carbonyl (C=O) groups excluding carboxylic acids is 4. The molecule has 1 aliphatic heterocycles. The first-order chi connectivity index (χ1) is 16.4. The number of allylic oxidation sites excluding steroid dienone is 2. The highest BCUT2D eigenvalue weighted by atomic mass is 16.5. The normalized spacial score (nSPS) is 31.1. The van der Waals surface area contributed by atoms with Gasteiger partial charge in [-0.1, -0.05) is 42.5 Å². The Kier molecular flexibility index (Phi) is 4.80. The number of amides is 2. The zero-order chi connectivity index (χ0) is 23.6. The predicted molar refractivity (Wildman–Crippen MR) is 123 cm³/mol. The van der Waals surface area contributed by atoms with E-state index in [4.69, 9.17) is 4.74 Å². The van der Waals surface area contributed by atoms with Crippen LogP contribution in [0, 0.1) is 35.5 Å². The quantitative estimate of drug-likeness (QED) is 0.219. The van der Waals surface area contributed by atoms with Crippen molar-refractivity contribution in [1.29, 1.82) is 0 Å². The molecule has 0 spiro atoms. The molecule has 4 aliphatic carbocycles. The summed E-state index contributed by atoms with van der Waals surface area (Å²) in [5.74, 6) is -0.523. The highest BCUT2D eigenvalue weighted by molar-refractivity contribution is 6.09. The average Bonchev–Trinajstić information content (AvgIpc) is 3.62. The van der Waals surface area contributed by atoms with Crippen LogP contribution >= 0.6 is 0 Å². The summed E-state index contributed by atoms with van der Waals surface area (Å²) >= 11 is 0. The van der Waals surface area contributed by atoms with Gasteiger partial charge in [-0.25, -0.2) is 4.79 Å². The SMILES string of the molecule is CC(=O)c1ccc(OC(=O)[C@H](Cc2ccccc2)N2C(=O)[C@@H]3[C@@H]4C=C[C@H]([C@H]5C[C@H]45)[C@@H]3C2=O)cc1. The molecule has 0 radical (unpaired) electrons. The van der Waals surface area contributed by atoms with E-state index in [1.165, 1.54) is 11.8 Å². The fraction of sp³-hybridized carbons (Fsp3) is 0.357. The molecule has 7 rings (SSSR count). The molecule has 1 saturated heterocycles. The Hall–Kier alpha value is -3.54. The van der Waals surface area contributed by atoms with Gasteiger partial charge in [0.15, 0.2) is 5.78 Å². The van der Waals surface area contributed by atoms with Gasteiger partial charge in [-0.15, -0.1) is 0 Å². The lowest BCUT2D eigenvalue weighted by Crippen LogP contribution is -2.48. The third-order valence-corrected chi connectivity index (χ3v) is 8.03. The van der Waals surface area contributed by atoms with Crippen molar-refractivity contribution < 1.29 is 23.9 Å². The third-order valence-electron chi connectivity index (χ3n) is 8.03. The smallest absolute Gasteiger partial charge is 0.335 e. The van der Waals surface area contributed by atoms with Crippen LogP contribution in [0.25, 0.3) is 0 Å². The van der Waals surface area contributed by atoms with Crippen LogP contribution in [0.2, 0.25) is 0 Å². The van der Waals surface area contributed by atoms with Crippen LogP contribution in [0.5, 0.6) is 5.75 Å². The van der Waals surface area contributed by atoms with Crippen LogP contribution in [0.4, 0.5) is 0 Å². The van der Waals surface area contributed by atoms with Crippen LogP contribution in [-0.4, -0.2) is 34.5 Å². The number of ether oxygens (including phenoxy) is 1. The predicted octanol–water partition coefficient (Wildman–Crippen LogP) is 3.46. The molecule has 172 valence electrons. The molecule has 2 amide bonds. The minimum atomic E-state index is -1.05. The zero-order valence-corrected chi connectivity index (χ0v) is 18.8. The number of esters is 1. The highest BCUT2D eigenvalue weighted by Crippen LogP contribution is 2.65. The van der Waals surface area contributed by atoms with Gasteiger partial charge in [0, 0.05) is 12.0 Å². The molecule has 2 bridgehead atoms. The number of likely N-dealkylation sites (tertiary alicyclic amines) is 1. The molecule has 7 atom stereocenters. The molecule has 0 N–H and O–H groups in total. The summed E-state index contributed by atoms with van der Waals surface area (Å²) in [5, 5.41) is 0. The summed E-state index contributed by atoms with van der Waals surface area (Å²) in [6, 6.07) is 14.6. The number of carbonyl (C=O) groups is 4. The minimum absolute atomic E-state index is 0.0861. The number of imide groups is 1. The number of nitrogens with zero attached hydrogens (tertiary/aromatic N) is 1. The molecule has 0 aromatic heterocycles. The maximum absolute atomic E-state index is 13.6. The van der Waals surface area contributed by atoms with E-state index in [2.05, 4.69) is 12.2 Å². The average molecular weight is 456 g/mol. The molecule has 3 fully saturated rings. The first-order valence-electron chi connectivity index (χ1n) is 11.9. The Bertz CT molecular complexity index is 1180. The van der Waals surface area contributed by atoms with E-state index in [-0.39, 0.29) is 53.4 Å². The number of ketones is 1. The van der Waals surface area contributed by atoms with Crippen molar-refractivity contribution in [1.82, 2.24) is 4.90 Å². The van der Waals surface area contributed by atoms with Gasteiger partial charge in [-0.3, -0.25) is 19.3 Å². The lowest BCUT2D eigenvalue weighted by molar-refractivity contribution is -0.153. The largest absolute Gasteiger partial charge is 0.425 e. The Morgan fingerprint density at radius 3 is 2.06 bits per heavy atom. The van der Waals surface area contributed by atoms with E-state index < -0.39 is 12.0 Å². The lowest BCUT2D eigenvalue weighted by atomic mass is 9.63. The fourth-order valence-electron chi connectivity index (χ4n) is 6.35. The van der Waals surface area contributed by atoms with Crippen LogP contribution < -0.4 is 4.74 Å². The van der Waals surface area contributed by atoms with E-state index in [0.29, 0.717) is 17.4 Å². The molecule has 6 heteroatoms. The highest BCUT2D eigenvalue weighted by Gasteiger charge is 2.68. The Morgan fingerprint density at radius 2 is 1.50 bits per heavy atom. The molecule has 6 nitrogen and oxygen atoms in total. The number of hydrogen-bond acceptors (Lipinski definition) is 5. The zero-order valence-electron chi connectivity index (χ0n) is 18.8. The Morgan fingerprint density at radius 1 is 0.912 bits per heavy atom. The summed E-state index contributed by atoms with van der Waals surface area (Å²) in [7, 11) is 0. The Balaban J connectivity index is 1.30. The van der Waals surface area contributed by atoms with Crippen molar-refractivity contribution in [3.63, 3.8) is 0 Å². The van der Waals surface area contributed by atoms with E-state index >= 15 is 0 Å². The fourth-order valence-corrected chi connectivity index (χ4v) is 6.35. The summed E-state index contributed by atoms with van der Waals surface area (Å²) in [6.45, 7) is 1.47. The van der Waals surface area contributed by atoms with Crippen molar-refractivity contribution >= 4 is 23.6 Å². The molecule has 2 aromatic carbocycles. The van der Waals surface area contributed by atoms with Gasteiger partial charge in [0.1, 0.15) is 11.8 Å². The number of Topliss-reactive ketones (excluding diaryl/α,β-unsaturated/α-hetero) is 1. The van der Waals surface area contributed by atoms with Crippen molar-refractivity contribution in [3.8, 4) is 5.75 Å². The molecular formula is C28H25NO5. The first kappa shape index (κ1) is 21.0. The number of hydrogen-bond donors (Lipinski definition) is 0. The first-order valence-corrected chi connectivity index (χ1v) is 11.9. The van der Waals surface area contributed by atoms with E-state index in [9.17, 15) is 19.2 Å². The van der Waals surface area contributed by atoms with Gasteiger partial charge in [-0.05, 0) is 66.8 Å². The van der Waals surface area contributed by atoms with Crippen LogP contribution in [-0.2, 0) is 20.8 Å². The molecule has 2 aromatic rings. The van der Waals surface area contributed by atoms with Crippen LogP contribution in [0.3, 0.4) is 0 Å². The van der Waals surface area contributed by atoms with Gasteiger partial charge in [0.25, 0.3) is 0 Å². The minimum Gasteiger partial charge on any atom is -0.425 e. The van der Waals surface area contributed by atoms with Gasteiger partial charge < -0.3 is 4.74 Å². The summed E-state index contributed by atoms with van der Waals surface area (Å²) in [5.41, 5.74) is 1.35. The summed E-state index contributed by atoms with van der Waals surface area (Å²) in [4.78, 5) is 53.4. The topological polar surface area (TPSA) is 80.8 Å². The third kappa shape index (κ3) is 3.23.